The highest BCUT2D eigenvalue weighted by Gasteiger charge is 2.23. The van der Waals surface area contributed by atoms with Crippen LogP contribution in [0.2, 0.25) is 5.02 Å². The van der Waals surface area contributed by atoms with Crippen molar-refractivity contribution >= 4 is 34.1 Å². The molecule has 6 nitrogen and oxygen atoms in total. The first kappa shape index (κ1) is 17.7. The smallest absolute Gasteiger partial charge is 0.237 e. The quantitative estimate of drug-likeness (QED) is 0.733. The summed E-state index contributed by atoms with van der Waals surface area (Å²) in [6.07, 6.45) is 7.29. The lowest BCUT2D eigenvalue weighted by Crippen LogP contribution is -2.38. The molecule has 1 fully saturated rings. The van der Waals surface area contributed by atoms with E-state index in [1.807, 2.05) is 41.1 Å². The molecule has 0 spiro atoms. The Labute approximate surface area is 162 Å². The van der Waals surface area contributed by atoms with E-state index in [9.17, 15) is 4.79 Å². The molecule has 1 aromatic carbocycles. The topological polar surface area (TPSA) is 73.4 Å². The summed E-state index contributed by atoms with van der Waals surface area (Å²) in [4.78, 5) is 17.6. The number of pyridine rings is 1. The summed E-state index contributed by atoms with van der Waals surface area (Å²) in [6.45, 7) is 1.93. The maximum Gasteiger partial charge on any atom is 0.237 e. The second kappa shape index (κ2) is 7.48. The van der Waals surface area contributed by atoms with Crippen LogP contribution in [0.25, 0.3) is 10.9 Å². The summed E-state index contributed by atoms with van der Waals surface area (Å²) in [7, 11) is 0. The SMILES string of the molecule is NC(=O)Cn1ccc2c(OC3CCN(c4ccncc4Cl)CC3)cccc21. The summed E-state index contributed by atoms with van der Waals surface area (Å²) in [5.74, 6) is 0.483. The van der Waals surface area contributed by atoms with Crippen LogP contribution in [0, 0.1) is 0 Å². The predicted molar refractivity (Wildman–Crippen MR) is 106 cm³/mol. The summed E-state index contributed by atoms with van der Waals surface area (Å²) in [5.41, 5.74) is 7.30. The summed E-state index contributed by atoms with van der Waals surface area (Å²) >= 11 is 6.26. The van der Waals surface area contributed by atoms with Gasteiger partial charge in [0.15, 0.2) is 0 Å². The van der Waals surface area contributed by atoms with Crippen molar-refractivity contribution in [1.82, 2.24) is 9.55 Å². The molecule has 0 saturated carbocycles. The third kappa shape index (κ3) is 3.71. The largest absolute Gasteiger partial charge is 0.490 e. The number of ether oxygens (including phenoxy) is 1. The molecule has 7 heteroatoms. The Hall–Kier alpha value is -2.73. The maximum atomic E-state index is 11.2. The zero-order chi connectivity index (χ0) is 18.8. The van der Waals surface area contributed by atoms with Crippen molar-refractivity contribution in [2.45, 2.75) is 25.5 Å². The van der Waals surface area contributed by atoms with Gasteiger partial charge in [0.05, 0.1) is 16.2 Å². The van der Waals surface area contributed by atoms with E-state index < -0.39 is 0 Å². The lowest BCUT2D eigenvalue weighted by molar-refractivity contribution is -0.118. The van der Waals surface area contributed by atoms with Gasteiger partial charge < -0.3 is 19.9 Å². The number of benzene rings is 1. The average molecular weight is 385 g/mol. The Kier molecular flexibility index (Phi) is 4.90. The molecular formula is C20H21ClN4O2. The molecule has 1 aliphatic heterocycles. The third-order valence-electron chi connectivity index (χ3n) is 4.93. The molecule has 0 atom stereocenters. The summed E-state index contributed by atoms with van der Waals surface area (Å²) < 4.78 is 8.15. The zero-order valence-electron chi connectivity index (χ0n) is 14.8. The zero-order valence-corrected chi connectivity index (χ0v) is 15.6. The van der Waals surface area contributed by atoms with Crippen LogP contribution in [0.15, 0.2) is 48.9 Å². The van der Waals surface area contributed by atoms with Gasteiger partial charge in [-0.2, -0.15) is 0 Å². The maximum absolute atomic E-state index is 11.2. The van der Waals surface area contributed by atoms with E-state index in [2.05, 4.69) is 9.88 Å². The number of piperidine rings is 1. The number of nitrogens with zero attached hydrogens (tertiary/aromatic N) is 3. The molecule has 0 unspecified atom stereocenters. The van der Waals surface area contributed by atoms with Crippen LogP contribution < -0.4 is 15.4 Å². The van der Waals surface area contributed by atoms with E-state index in [-0.39, 0.29) is 18.6 Å². The minimum atomic E-state index is -0.360. The average Bonchev–Trinajstić information content (AvgIpc) is 3.06. The second-order valence-electron chi connectivity index (χ2n) is 6.73. The van der Waals surface area contributed by atoms with E-state index in [1.54, 1.807) is 12.4 Å². The van der Waals surface area contributed by atoms with Crippen molar-refractivity contribution in [3.05, 3.63) is 53.9 Å². The molecule has 0 radical (unpaired) electrons. The van der Waals surface area contributed by atoms with E-state index in [1.165, 1.54) is 0 Å². The first-order chi connectivity index (χ1) is 13.1. The fourth-order valence-corrected chi connectivity index (χ4v) is 3.86. The van der Waals surface area contributed by atoms with Gasteiger partial charge in [0.25, 0.3) is 0 Å². The minimum absolute atomic E-state index is 0.145. The molecule has 0 aliphatic carbocycles. The first-order valence-electron chi connectivity index (χ1n) is 8.99. The highest BCUT2D eigenvalue weighted by molar-refractivity contribution is 6.33. The minimum Gasteiger partial charge on any atom is -0.490 e. The summed E-state index contributed by atoms with van der Waals surface area (Å²) in [6, 6.07) is 9.81. The standard InChI is InChI=1S/C20H21ClN4O2/c21-16-12-23-8-4-18(16)24-9-5-14(6-10-24)27-19-3-1-2-17-15(19)7-11-25(17)13-20(22)26/h1-4,7-8,11-12,14H,5-6,9-10,13H2,(H2,22,26). The van der Waals surface area contributed by atoms with E-state index in [4.69, 9.17) is 22.1 Å². The van der Waals surface area contributed by atoms with Gasteiger partial charge in [-0.15, -0.1) is 0 Å². The fraction of sp³-hybridized carbons (Fsp3) is 0.300. The van der Waals surface area contributed by atoms with Crippen molar-refractivity contribution in [3.63, 3.8) is 0 Å². The van der Waals surface area contributed by atoms with Crippen LogP contribution in [0.1, 0.15) is 12.8 Å². The molecule has 1 saturated heterocycles. The number of anilines is 1. The molecule has 1 aliphatic rings. The number of fused-ring (bicyclic) bond motifs is 1. The first-order valence-corrected chi connectivity index (χ1v) is 9.37. The van der Waals surface area contributed by atoms with E-state index in [0.29, 0.717) is 5.02 Å². The number of carbonyl (C=O) groups is 1. The molecule has 1 amide bonds. The van der Waals surface area contributed by atoms with Crippen LogP contribution in [-0.2, 0) is 11.3 Å². The number of halogens is 1. The Bertz CT molecular complexity index is 964. The highest BCUT2D eigenvalue weighted by Crippen LogP contribution is 2.31. The van der Waals surface area contributed by atoms with Gasteiger partial charge in [0.2, 0.25) is 5.91 Å². The van der Waals surface area contributed by atoms with Gasteiger partial charge in [-0.25, -0.2) is 0 Å². The van der Waals surface area contributed by atoms with Crippen LogP contribution in [0.3, 0.4) is 0 Å². The van der Waals surface area contributed by atoms with Crippen molar-refractivity contribution in [2.75, 3.05) is 18.0 Å². The molecule has 3 heterocycles. The van der Waals surface area contributed by atoms with E-state index in [0.717, 1.165) is 48.3 Å². The number of primary amides is 1. The predicted octanol–water partition coefficient (Wildman–Crippen LogP) is 3.22. The number of hydrogen-bond donors (Lipinski definition) is 1. The lowest BCUT2D eigenvalue weighted by atomic mass is 10.1. The van der Waals surface area contributed by atoms with Gasteiger partial charge in [-0.1, -0.05) is 17.7 Å². The normalized spacial score (nSPS) is 15.2. The monoisotopic (exact) mass is 384 g/mol. The van der Waals surface area contributed by atoms with Crippen molar-refractivity contribution in [3.8, 4) is 5.75 Å². The van der Waals surface area contributed by atoms with Crippen LogP contribution in [0.5, 0.6) is 5.75 Å². The van der Waals surface area contributed by atoms with Crippen LogP contribution in [-0.4, -0.2) is 34.7 Å². The Morgan fingerprint density at radius 3 is 2.81 bits per heavy atom. The Morgan fingerprint density at radius 1 is 1.26 bits per heavy atom. The number of nitrogens with two attached hydrogens (primary N) is 1. The molecule has 2 aromatic heterocycles. The fourth-order valence-electron chi connectivity index (χ4n) is 3.62. The van der Waals surface area contributed by atoms with E-state index >= 15 is 0 Å². The van der Waals surface area contributed by atoms with Gasteiger partial charge in [-0.3, -0.25) is 9.78 Å². The Balaban J connectivity index is 1.46. The molecule has 2 N–H and O–H groups in total. The third-order valence-corrected chi connectivity index (χ3v) is 5.22. The van der Waals surface area contributed by atoms with Crippen molar-refractivity contribution < 1.29 is 9.53 Å². The van der Waals surface area contributed by atoms with Crippen LogP contribution in [0.4, 0.5) is 5.69 Å². The van der Waals surface area contributed by atoms with Crippen molar-refractivity contribution in [2.24, 2.45) is 5.73 Å². The number of aromatic nitrogens is 2. The lowest BCUT2D eigenvalue weighted by Gasteiger charge is -2.34. The van der Waals surface area contributed by atoms with Gasteiger partial charge in [0, 0.05) is 49.9 Å². The number of amides is 1. The summed E-state index contributed by atoms with van der Waals surface area (Å²) in [5, 5.41) is 1.68. The van der Waals surface area contributed by atoms with Gasteiger partial charge in [0.1, 0.15) is 18.4 Å². The number of carbonyl (C=O) groups excluding carboxylic acids is 1. The molecule has 27 heavy (non-hydrogen) atoms. The molecule has 0 bridgehead atoms. The Morgan fingerprint density at radius 2 is 2.07 bits per heavy atom. The number of hydrogen-bond acceptors (Lipinski definition) is 4. The molecule has 4 rings (SSSR count). The second-order valence-corrected chi connectivity index (χ2v) is 7.14. The van der Waals surface area contributed by atoms with Gasteiger partial charge in [-0.05, 0) is 24.3 Å². The van der Waals surface area contributed by atoms with Gasteiger partial charge >= 0.3 is 0 Å². The highest BCUT2D eigenvalue weighted by atomic mass is 35.5. The molecular weight excluding hydrogens is 364 g/mol. The van der Waals surface area contributed by atoms with Crippen LogP contribution >= 0.6 is 11.6 Å². The molecule has 140 valence electrons. The number of rotatable bonds is 5. The van der Waals surface area contributed by atoms with Crippen molar-refractivity contribution in [1.29, 1.82) is 0 Å². The molecule has 3 aromatic rings.